The molecule has 2 amide bonds. The van der Waals surface area contributed by atoms with Crippen molar-refractivity contribution >= 4 is 29.3 Å². The smallest absolute Gasteiger partial charge is 0.256 e. The van der Waals surface area contributed by atoms with Crippen molar-refractivity contribution in [2.75, 3.05) is 5.32 Å². The van der Waals surface area contributed by atoms with E-state index in [1.54, 1.807) is 18.2 Å². The van der Waals surface area contributed by atoms with Crippen LogP contribution in [-0.4, -0.2) is 23.0 Å². The molecule has 1 aromatic heterocycles. The molecule has 0 spiro atoms. The van der Waals surface area contributed by atoms with Gasteiger partial charge in [0.1, 0.15) is 5.76 Å². The van der Waals surface area contributed by atoms with Crippen LogP contribution < -0.4 is 10.6 Å². The van der Waals surface area contributed by atoms with Crippen molar-refractivity contribution in [1.29, 1.82) is 0 Å². The van der Waals surface area contributed by atoms with Crippen molar-refractivity contribution in [1.82, 2.24) is 10.5 Å². The van der Waals surface area contributed by atoms with E-state index >= 15 is 0 Å². The van der Waals surface area contributed by atoms with Crippen molar-refractivity contribution in [2.45, 2.75) is 43.4 Å². The van der Waals surface area contributed by atoms with Crippen molar-refractivity contribution in [3.05, 3.63) is 76.7 Å². The summed E-state index contributed by atoms with van der Waals surface area (Å²) in [4.78, 5) is 26.2. The first kappa shape index (κ1) is 20.2. The highest BCUT2D eigenvalue weighted by atomic mass is 32.2. The van der Waals surface area contributed by atoms with E-state index in [-0.39, 0.29) is 17.9 Å². The molecule has 0 bridgehead atoms. The minimum Gasteiger partial charge on any atom is -0.360 e. The first-order valence-corrected chi connectivity index (χ1v) is 10.8. The maximum Gasteiger partial charge on any atom is 0.256 e. The van der Waals surface area contributed by atoms with Crippen LogP contribution in [0.2, 0.25) is 0 Å². The lowest BCUT2D eigenvalue weighted by molar-refractivity contribution is 0.0949. The van der Waals surface area contributed by atoms with Gasteiger partial charge in [-0.3, -0.25) is 9.59 Å². The Bertz CT molecular complexity index is 1090. The molecule has 30 heavy (non-hydrogen) atoms. The van der Waals surface area contributed by atoms with Gasteiger partial charge < -0.3 is 15.2 Å². The topological polar surface area (TPSA) is 84.2 Å². The number of rotatable bonds is 7. The molecule has 0 aliphatic heterocycles. The summed E-state index contributed by atoms with van der Waals surface area (Å²) in [6, 6.07) is 15.0. The molecule has 1 fully saturated rings. The van der Waals surface area contributed by atoms with Gasteiger partial charge in [0.25, 0.3) is 11.8 Å². The van der Waals surface area contributed by atoms with Crippen LogP contribution in [-0.2, 0) is 5.75 Å². The number of aryl methyl sites for hydroxylation is 2. The lowest BCUT2D eigenvalue weighted by Gasteiger charge is -2.13. The molecule has 1 aliphatic rings. The molecule has 1 aliphatic carbocycles. The summed E-state index contributed by atoms with van der Waals surface area (Å²) in [5.41, 5.74) is 3.48. The second kappa shape index (κ2) is 8.75. The summed E-state index contributed by atoms with van der Waals surface area (Å²) < 4.78 is 5.26. The summed E-state index contributed by atoms with van der Waals surface area (Å²) in [6.07, 6.45) is 2.06. The van der Waals surface area contributed by atoms with E-state index in [4.69, 9.17) is 4.52 Å². The Morgan fingerprint density at radius 1 is 1.10 bits per heavy atom. The summed E-state index contributed by atoms with van der Waals surface area (Å²) >= 11 is 1.52. The molecule has 1 saturated carbocycles. The normalized spacial score (nSPS) is 13.1. The number of carbonyl (C=O) groups excluding carboxylic acids is 2. The highest BCUT2D eigenvalue weighted by Gasteiger charge is 2.24. The van der Waals surface area contributed by atoms with Crippen molar-refractivity contribution in [3.8, 4) is 0 Å². The van der Waals surface area contributed by atoms with E-state index in [1.165, 1.54) is 11.8 Å². The molecule has 154 valence electrons. The van der Waals surface area contributed by atoms with Crippen LogP contribution in [0.5, 0.6) is 0 Å². The molecular weight excluding hydrogens is 398 g/mol. The van der Waals surface area contributed by atoms with E-state index in [2.05, 4.69) is 15.8 Å². The van der Waals surface area contributed by atoms with Gasteiger partial charge in [-0.15, -0.1) is 11.8 Å². The molecule has 0 atom stereocenters. The Kier molecular flexibility index (Phi) is 5.90. The monoisotopic (exact) mass is 421 g/mol. The van der Waals surface area contributed by atoms with E-state index in [9.17, 15) is 9.59 Å². The SMILES string of the molecule is Cc1cc(CSc2ccccc2C(=O)Nc2cc(C(=O)NC3CC3)ccc2C)on1. The largest absolute Gasteiger partial charge is 0.360 e. The van der Waals surface area contributed by atoms with E-state index in [1.807, 2.05) is 44.2 Å². The van der Waals surface area contributed by atoms with Crippen LogP contribution in [0, 0.1) is 13.8 Å². The minimum absolute atomic E-state index is 0.105. The maximum atomic E-state index is 13.0. The van der Waals surface area contributed by atoms with Gasteiger partial charge in [-0.25, -0.2) is 0 Å². The summed E-state index contributed by atoms with van der Waals surface area (Å²) in [5.74, 6) is 1.03. The summed E-state index contributed by atoms with van der Waals surface area (Å²) in [6.45, 7) is 3.78. The van der Waals surface area contributed by atoms with Crippen LogP contribution in [0.4, 0.5) is 5.69 Å². The van der Waals surface area contributed by atoms with Gasteiger partial charge in [0.15, 0.2) is 0 Å². The number of amides is 2. The van der Waals surface area contributed by atoms with Crippen LogP contribution in [0.25, 0.3) is 0 Å². The van der Waals surface area contributed by atoms with Gasteiger partial charge in [0.05, 0.1) is 17.0 Å². The fraction of sp³-hybridized carbons (Fsp3) is 0.261. The zero-order valence-electron chi connectivity index (χ0n) is 16.9. The summed E-state index contributed by atoms with van der Waals surface area (Å²) in [7, 11) is 0. The number of anilines is 1. The summed E-state index contributed by atoms with van der Waals surface area (Å²) in [5, 5.41) is 9.84. The Hall–Kier alpha value is -3.06. The third-order valence-corrected chi connectivity index (χ3v) is 5.93. The lowest BCUT2D eigenvalue weighted by atomic mass is 10.1. The number of nitrogens with one attached hydrogen (secondary N) is 2. The third kappa shape index (κ3) is 4.91. The fourth-order valence-corrected chi connectivity index (χ4v) is 3.92. The molecule has 0 radical (unpaired) electrons. The molecule has 6 nitrogen and oxygen atoms in total. The second-order valence-corrected chi connectivity index (χ2v) is 8.47. The highest BCUT2D eigenvalue weighted by Crippen LogP contribution is 2.28. The molecule has 2 aromatic carbocycles. The zero-order valence-corrected chi connectivity index (χ0v) is 17.7. The van der Waals surface area contributed by atoms with Crippen LogP contribution in [0.15, 0.2) is 57.9 Å². The van der Waals surface area contributed by atoms with Crippen LogP contribution in [0.3, 0.4) is 0 Å². The van der Waals surface area contributed by atoms with E-state index in [0.717, 1.165) is 34.8 Å². The molecule has 4 rings (SSSR count). The van der Waals surface area contributed by atoms with Gasteiger partial charge in [-0.05, 0) is 56.5 Å². The molecule has 3 aromatic rings. The average Bonchev–Trinajstić information content (AvgIpc) is 3.46. The lowest BCUT2D eigenvalue weighted by Crippen LogP contribution is -2.25. The van der Waals surface area contributed by atoms with Gasteiger partial charge in [-0.2, -0.15) is 0 Å². The van der Waals surface area contributed by atoms with Crippen molar-refractivity contribution in [2.24, 2.45) is 0 Å². The van der Waals surface area contributed by atoms with Crippen molar-refractivity contribution < 1.29 is 14.1 Å². The minimum atomic E-state index is -0.213. The Balaban J connectivity index is 1.49. The fourth-order valence-electron chi connectivity index (χ4n) is 3.00. The quantitative estimate of drug-likeness (QED) is 0.539. The number of aromatic nitrogens is 1. The highest BCUT2D eigenvalue weighted by molar-refractivity contribution is 7.98. The molecule has 0 saturated heterocycles. The number of nitrogens with zero attached hydrogens (tertiary/aromatic N) is 1. The number of carbonyl (C=O) groups is 2. The zero-order chi connectivity index (χ0) is 21.1. The Morgan fingerprint density at radius 2 is 1.90 bits per heavy atom. The third-order valence-electron chi connectivity index (χ3n) is 4.84. The second-order valence-electron chi connectivity index (χ2n) is 7.45. The van der Waals surface area contributed by atoms with Gasteiger partial charge in [-0.1, -0.05) is 23.4 Å². The average molecular weight is 422 g/mol. The van der Waals surface area contributed by atoms with Gasteiger partial charge in [0.2, 0.25) is 0 Å². The Labute approximate surface area is 179 Å². The number of hydrogen-bond donors (Lipinski definition) is 2. The predicted octanol–water partition coefficient (Wildman–Crippen LogP) is 4.73. The molecule has 7 heteroatoms. The molecule has 1 heterocycles. The van der Waals surface area contributed by atoms with Crippen molar-refractivity contribution in [3.63, 3.8) is 0 Å². The van der Waals surface area contributed by atoms with E-state index < -0.39 is 0 Å². The number of hydrogen-bond acceptors (Lipinski definition) is 5. The molecule has 0 unspecified atom stereocenters. The number of thioether (sulfide) groups is 1. The maximum absolute atomic E-state index is 13.0. The predicted molar refractivity (Wildman–Crippen MR) is 117 cm³/mol. The van der Waals surface area contributed by atoms with Crippen LogP contribution >= 0.6 is 11.8 Å². The number of benzene rings is 2. The Morgan fingerprint density at radius 3 is 2.63 bits per heavy atom. The molecular formula is C23H23N3O3S. The molecule has 2 N–H and O–H groups in total. The van der Waals surface area contributed by atoms with Gasteiger partial charge >= 0.3 is 0 Å². The van der Waals surface area contributed by atoms with Gasteiger partial charge in [0, 0.05) is 28.3 Å². The van der Waals surface area contributed by atoms with Crippen LogP contribution in [0.1, 0.15) is 50.6 Å². The van der Waals surface area contributed by atoms with E-state index in [0.29, 0.717) is 22.6 Å². The standard InChI is InChI=1S/C23H23N3O3S/c1-14-7-8-16(22(27)24-17-9-10-17)12-20(14)25-23(28)19-5-3-4-6-21(19)30-13-18-11-15(2)26-29-18/h3-8,11-12,17H,9-10,13H2,1-2H3,(H,24,27)(H,25,28). The first-order valence-electron chi connectivity index (χ1n) is 9.86. The first-order chi connectivity index (χ1) is 14.5.